The summed E-state index contributed by atoms with van der Waals surface area (Å²) in [7, 11) is 1.44. The fourth-order valence-electron chi connectivity index (χ4n) is 1.73. The second kappa shape index (κ2) is 5.32. The van der Waals surface area contributed by atoms with E-state index in [1.807, 2.05) is 0 Å². The van der Waals surface area contributed by atoms with Crippen LogP contribution < -0.4 is 4.74 Å². The average molecular weight is 265 g/mol. The van der Waals surface area contributed by atoms with Crippen molar-refractivity contribution in [3.8, 4) is 5.88 Å². The lowest BCUT2D eigenvalue weighted by atomic mass is 10.0. The number of benzene rings is 1. The SMILES string of the molecule is COc1cccc(C(O)c2ccc(C)c(F)c2F)n1. The third-order valence-corrected chi connectivity index (χ3v) is 2.83. The van der Waals surface area contributed by atoms with E-state index in [9.17, 15) is 13.9 Å². The summed E-state index contributed by atoms with van der Waals surface area (Å²) in [6, 6.07) is 7.50. The van der Waals surface area contributed by atoms with Gasteiger partial charge in [0.1, 0.15) is 6.10 Å². The summed E-state index contributed by atoms with van der Waals surface area (Å²) in [5.41, 5.74) is 0.234. The van der Waals surface area contributed by atoms with Gasteiger partial charge in [0.25, 0.3) is 0 Å². The molecule has 0 fully saturated rings. The summed E-state index contributed by atoms with van der Waals surface area (Å²) in [4.78, 5) is 4.00. The zero-order valence-corrected chi connectivity index (χ0v) is 10.5. The summed E-state index contributed by atoms with van der Waals surface area (Å²) >= 11 is 0. The highest BCUT2D eigenvalue weighted by atomic mass is 19.2. The maximum absolute atomic E-state index is 13.8. The zero-order chi connectivity index (χ0) is 14.0. The van der Waals surface area contributed by atoms with E-state index in [2.05, 4.69) is 4.98 Å². The Morgan fingerprint density at radius 2 is 1.89 bits per heavy atom. The molecule has 1 aromatic heterocycles. The van der Waals surface area contributed by atoms with Gasteiger partial charge in [0.15, 0.2) is 11.6 Å². The van der Waals surface area contributed by atoms with Crippen LogP contribution in [-0.4, -0.2) is 17.2 Å². The topological polar surface area (TPSA) is 42.4 Å². The molecule has 0 saturated carbocycles. The number of halogens is 2. The summed E-state index contributed by atoms with van der Waals surface area (Å²) in [6.07, 6.45) is -1.34. The van der Waals surface area contributed by atoms with Crippen molar-refractivity contribution in [3.05, 3.63) is 58.8 Å². The molecule has 0 aliphatic rings. The van der Waals surface area contributed by atoms with Crippen LogP contribution in [0.1, 0.15) is 22.9 Å². The first-order valence-corrected chi connectivity index (χ1v) is 5.68. The number of pyridine rings is 1. The Balaban J connectivity index is 2.44. The van der Waals surface area contributed by atoms with Crippen LogP contribution in [0.4, 0.5) is 8.78 Å². The Kier molecular flexibility index (Phi) is 3.76. The second-order valence-electron chi connectivity index (χ2n) is 4.11. The average Bonchev–Trinajstić information content (AvgIpc) is 2.44. The predicted molar refractivity (Wildman–Crippen MR) is 65.9 cm³/mol. The van der Waals surface area contributed by atoms with Gasteiger partial charge >= 0.3 is 0 Å². The first-order chi connectivity index (χ1) is 9.04. The number of aryl methyl sites for hydroxylation is 1. The van der Waals surface area contributed by atoms with Crippen molar-refractivity contribution < 1.29 is 18.6 Å². The standard InChI is InChI=1S/C14H13F2NO2/c1-8-6-7-9(13(16)12(8)15)14(18)10-4-3-5-11(17-10)19-2/h3-7,14,18H,1-2H3. The molecule has 0 bridgehead atoms. The molecule has 0 aliphatic carbocycles. The number of hydrogen-bond acceptors (Lipinski definition) is 3. The third kappa shape index (κ3) is 2.56. The number of aliphatic hydroxyl groups is 1. The molecule has 1 unspecified atom stereocenters. The van der Waals surface area contributed by atoms with Crippen LogP contribution in [0.2, 0.25) is 0 Å². The number of aromatic nitrogens is 1. The lowest BCUT2D eigenvalue weighted by molar-refractivity contribution is 0.207. The van der Waals surface area contributed by atoms with Crippen LogP contribution in [0.15, 0.2) is 30.3 Å². The number of rotatable bonds is 3. The molecule has 0 amide bonds. The summed E-state index contributed by atoms with van der Waals surface area (Å²) in [6.45, 7) is 1.46. The largest absolute Gasteiger partial charge is 0.481 e. The van der Waals surface area contributed by atoms with Crippen molar-refractivity contribution in [2.24, 2.45) is 0 Å². The van der Waals surface area contributed by atoms with E-state index in [-0.39, 0.29) is 16.8 Å². The summed E-state index contributed by atoms with van der Waals surface area (Å²) in [5.74, 6) is -1.72. The number of methoxy groups -OCH3 is 1. The molecule has 1 heterocycles. The molecule has 2 rings (SSSR count). The van der Waals surface area contributed by atoms with Crippen LogP contribution in [0.25, 0.3) is 0 Å². The minimum atomic E-state index is -1.34. The van der Waals surface area contributed by atoms with Crippen molar-refractivity contribution in [2.45, 2.75) is 13.0 Å². The smallest absolute Gasteiger partial charge is 0.213 e. The van der Waals surface area contributed by atoms with E-state index in [0.717, 1.165) is 0 Å². The Hall–Kier alpha value is -2.01. The molecule has 2 aromatic rings. The zero-order valence-electron chi connectivity index (χ0n) is 10.5. The number of ether oxygens (including phenoxy) is 1. The maximum atomic E-state index is 13.8. The monoisotopic (exact) mass is 265 g/mol. The van der Waals surface area contributed by atoms with Gasteiger partial charge in [-0.2, -0.15) is 0 Å². The maximum Gasteiger partial charge on any atom is 0.213 e. The highest BCUT2D eigenvalue weighted by Gasteiger charge is 2.20. The molecule has 100 valence electrons. The molecular formula is C14H13F2NO2. The van der Waals surface area contributed by atoms with Gasteiger partial charge in [0.05, 0.1) is 12.8 Å². The number of aliphatic hydroxyl groups excluding tert-OH is 1. The van der Waals surface area contributed by atoms with Crippen LogP contribution in [0, 0.1) is 18.6 Å². The molecule has 0 radical (unpaired) electrons. The molecule has 0 spiro atoms. The Bertz CT molecular complexity index is 602. The summed E-state index contributed by atoms with van der Waals surface area (Å²) < 4.78 is 32.2. The predicted octanol–water partition coefficient (Wildman–Crippen LogP) is 2.76. The third-order valence-electron chi connectivity index (χ3n) is 2.83. The first kappa shape index (κ1) is 13.4. The van der Waals surface area contributed by atoms with Gasteiger partial charge in [-0.05, 0) is 18.6 Å². The molecule has 19 heavy (non-hydrogen) atoms. The van der Waals surface area contributed by atoms with Crippen molar-refractivity contribution in [1.82, 2.24) is 4.98 Å². The van der Waals surface area contributed by atoms with Gasteiger partial charge in [-0.1, -0.05) is 18.2 Å². The molecular weight excluding hydrogens is 252 g/mol. The Morgan fingerprint density at radius 1 is 1.16 bits per heavy atom. The van der Waals surface area contributed by atoms with Crippen molar-refractivity contribution in [2.75, 3.05) is 7.11 Å². The van der Waals surface area contributed by atoms with Crippen LogP contribution in [0.3, 0.4) is 0 Å². The van der Waals surface area contributed by atoms with E-state index >= 15 is 0 Å². The van der Waals surface area contributed by atoms with E-state index < -0.39 is 17.7 Å². The minimum absolute atomic E-state index is 0.149. The summed E-state index contributed by atoms with van der Waals surface area (Å²) in [5, 5.41) is 10.1. The van der Waals surface area contributed by atoms with Crippen LogP contribution >= 0.6 is 0 Å². The quantitative estimate of drug-likeness (QED) is 0.927. The molecule has 0 saturated heterocycles. The van der Waals surface area contributed by atoms with E-state index in [0.29, 0.717) is 5.88 Å². The van der Waals surface area contributed by atoms with Crippen LogP contribution in [0.5, 0.6) is 5.88 Å². The highest BCUT2D eigenvalue weighted by Crippen LogP contribution is 2.26. The van der Waals surface area contributed by atoms with E-state index in [1.54, 1.807) is 12.1 Å². The fourth-order valence-corrected chi connectivity index (χ4v) is 1.73. The lowest BCUT2D eigenvalue weighted by Crippen LogP contribution is -2.07. The Morgan fingerprint density at radius 3 is 2.58 bits per heavy atom. The van der Waals surface area contributed by atoms with E-state index in [4.69, 9.17) is 4.74 Å². The van der Waals surface area contributed by atoms with Crippen molar-refractivity contribution >= 4 is 0 Å². The lowest BCUT2D eigenvalue weighted by Gasteiger charge is -2.13. The molecule has 0 aliphatic heterocycles. The van der Waals surface area contributed by atoms with Gasteiger partial charge in [0.2, 0.25) is 5.88 Å². The van der Waals surface area contributed by atoms with E-state index in [1.165, 1.54) is 32.2 Å². The van der Waals surface area contributed by atoms with Gasteiger partial charge in [-0.15, -0.1) is 0 Å². The first-order valence-electron chi connectivity index (χ1n) is 5.68. The minimum Gasteiger partial charge on any atom is -0.481 e. The normalized spacial score (nSPS) is 12.3. The molecule has 1 atom stereocenters. The van der Waals surface area contributed by atoms with Gasteiger partial charge in [-0.25, -0.2) is 13.8 Å². The fraction of sp³-hybridized carbons (Fsp3) is 0.214. The van der Waals surface area contributed by atoms with Crippen LogP contribution in [-0.2, 0) is 0 Å². The molecule has 1 N–H and O–H groups in total. The van der Waals surface area contributed by atoms with Crippen molar-refractivity contribution in [1.29, 1.82) is 0 Å². The number of nitrogens with zero attached hydrogens (tertiary/aromatic N) is 1. The molecule has 5 heteroatoms. The second-order valence-corrected chi connectivity index (χ2v) is 4.11. The van der Waals surface area contributed by atoms with Gasteiger partial charge < -0.3 is 9.84 Å². The number of hydrogen-bond donors (Lipinski definition) is 1. The van der Waals surface area contributed by atoms with Gasteiger partial charge in [-0.3, -0.25) is 0 Å². The molecule has 1 aromatic carbocycles. The Labute approximate surface area is 109 Å². The molecule has 3 nitrogen and oxygen atoms in total. The highest BCUT2D eigenvalue weighted by molar-refractivity contribution is 5.32. The van der Waals surface area contributed by atoms with Gasteiger partial charge in [0, 0.05) is 11.6 Å². The van der Waals surface area contributed by atoms with Crippen molar-refractivity contribution in [3.63, 3.8) is 0 Å².